The molecule has 0 radical (unpaired) electrons. The molecule has 0 heterocycles. The van der Waals surface area contributed by atoms with Crippen molar-refractivity contribution in [1.82, 2.24) is 0 Å². The van der Waals surface area contributed by atoms with Crippen LogP contribution in [-0.4, -0.2) is 6.54 Å². The lowest BCUT2D eigenvalue weighted by atomic mass is 10.3. The molecule has 1 aromatic rings. The molecule has 0 unspecified atom stereocenters. The second-order valence-electron chi connectivity index (χ2n) is 2.53. The molecule has 0 aliphatic rings. The number of rotatable bonds is 2. The first-order chi connectivity index (χ1) is 6.65. The Balaban J connectivity index is 2.85. The Morgan fingerprint density at radius 2 is 1.79 bits per heavy atom. The standard InChI is InChI=1S/C10H8Cl3N/c1-2-3-4-14-10-6-8(12)7(11)5-9(10)13/h5-6,14H,4H2,1H3. The van der Waals surface area contributed by atoms with Gasteiger partial charge in [-0.3, -0.25) is 0 Å². The number of benzene rings is 1. The molecule has 0 saturated carbocycles. The molecule has 0 saturated heterocycles. The second-order valence-corrected chi connectivity index (χ2v) is 3.75. The van der Waals surface area contributed by atoms with Crippen molar-refractivity contribution in [3.63, 3.8) is 0 Å². The van der Waals surface area contributed by atoms with Gasteiger partial charge in [-0.25, -0.2) is 0 Å². The third-order valence-electron chi connectivity index (χ3n) is 1.55. The minimum Gasteiger partial charge on any atom is -0.373 e. The molecule has 0 amide bonds. The van der Waals surface area contributed by atoms with E-state index < -0.39 is 0 Å². The zero-order chi connectivity index (χ0) is 10.6. The predicted molar refractivity (Wildman–Crippen MR) is 63.4 cm³/mol. The van der Waals surface area contributed by atoms with E-state index in [-0.39, 0.29) is 0 Å². The van der Waals surface area contributed by atoms with Crippen molar-refractivity contribution in [2.45, 2.75) is 6.92 Å². The normalized spacial score (nSPS) is 9.14. The smallest absolute Gasteiger partial charge is 0.0766 e. The highest BCUT2D eigenvalue weighted by molar-refractivity contribution is 6.44. The fourth-order valence-electron chi connectivity index (χ4n) is 0.886. The summed E-state index contributed by atoms with van der Waals surface area (Å²) in [6.45, 7) is 2.31. The number of hydrogen-bond acceptors (Lipinski definition) is 1. The average molecular weight is 249 g/mol. The van der Waals surface area contributed by atoms with Crippen LogP contribution < -0.4 is 5.32 Å². The molecule has 1 rings (SSSR count). The van der Waals surface area contributed by atoms with Gasteiger partial charge < -0.3 is 5.32 Å². The Bertz CT molecular complexity index is 390. The minimum atomic E-state index is 0.448. The van der Waals surface area contributed by atoms with E-state index in [0.29, 0.717) is 21.6 Å². The van der Waals surface area contributed by atoms with Crippen molar-refractivity contribution < 1.29 is 0 Å². The summed E-state index contributed by atoms with van der Waals surface area (Å²) in [5.41, 5.74) is 0.740. The number of nitrogens with one attached hydrogen (secondary N) is 1. The van der Waals surface area contributed by atoms with Crippen molar-refractivity contribution in [3.05, 3.63) is 27.2 Å². The highest BCUT2D eigenvalue weighted by Gasteiger charge is 2.04. The Morgan fingerprint density at radius 1 is 1.14 bits per heavy atom. The maximum Gasteiger partial charge on any atom is 0.0766 e. The molecule has 0 bridgehead atoms. The van der Waals surface area contributed by atoms with Gasteiger partial charge in [-0.1, -0.05) is 40.7 Å². The van der Waals surface area contributed by atoms with E-state index in [9.17, 15) is 0 Å². The van der Waals surface area contributed by atoms with Crippen LogP contribution in [0.1, 0.15) is 6.92 Å². The van der Waals surface area contributed by atoms with Gasteiger partial charge in [-0.2, -0.15) is 0 Å². The van der Waals surface area contributed by atoms with Crippen LogP contribution in [0.2, 0.25) is 15.1 Å². The van der Waals surface area contributed by atoms with Crippen LogP contribution in [0.15, 0.2) is 12.1 Å². The first-order valence-electron chi connectivity index (χ1n) is 3.93. The van der Waals surface area contributed by atoms with Gasteiger partial charge in [0.05, 0.1) is 27.3 Å². The minimum absolute atomic E-state index is 0.448. The Hall–Kier alpha value is -0.550. The van der Waals surface area contributed by atoms with Crippen LogP contribution in [-0.2, 0) is 0 Å². The first-order valence-corrected chi connectivity index (χ1v) is 5.06. The van der Waals surface area contributed by atoms with Crippen molar-refractivity contribution in [2.24, 2.45) is 0 Å². The van der Waals surface area contributed by atoms with Crippen LogP contribution in [0, 0.1) is 11.8 Å². The van der Waals surface area contributed by atoms with Gasteiger partial charge in [0.1, 0.15) is 0 Å². The lowest BCUT2D eigenvalue weighted by Crippen LogP contribution is -1.99. The summed E-state index contributed by atoms with van der Waals surface area (Å²) in [6, 6.07) is 3.29. The average Bonchev–Trinajstić information content (AvgIpc) is 2.14. The monoisotopic (exact) mass is 247 g/mol. The molecule has 0 fully saturated rings. The topological polar surface area (TPSA) is 12.0 Å². The summed E-state index contributed by atoms with van der Waals surface area (Å²) in [7, 11) is 0. The summed E-state index contributed by atoms with van der Waals surface area (Å²) < 4.78 is 0. The molecule has 1 N–H and O–H groups in total. The Kier molecular flexibility index (Phi) is 4.41. The third-order valence-corrected chi connectivity index (χ3v) is 2.59. The highest BCUT2D eigenvalue weighted by atomic mass is 35.5. The van der Waals surface area contributed by atoms with E-state index in [1.165, 1.54) is 0 Å². The van der Waals surface area contributed by atoms with E-state index in [2.05, 4.69) is 17.2 Å². The zero-order valence-electron chi connectivity index (χ0n) is 7.50. The molecule has 0 atom stereocenters. The predicted octanol–water partition coefficient (Wildman–Crippen LogP) is 4.08. The Labute approximate surface area is 98.4 Å². The maximum absolute atomic E-state index is 5.93. The lowest BCUT2D eigenvalue weighted by Gasteiger charge is -2.06. The van der Waals surface area contributed by atoms with Crippen molar-refractivity contribution in [3.8, 4) is 11.8 Å². The molecule has 0 aromatic heterocycles. The fourth-order valence-corrected chi connectivity index (χ4v) is 1.50. The van der Waals surface area contributed by atoms with Crippen molar-refractivity contribution >= 4 is 40.5 Å². The summed E-state index contributed by atoms with van der Waals surface area (Å²) in [4.78, 5) is 0. The molecule has 14 heavy (non-hydrogen) atoms. The molecular weight excluding hydrogens is 240 g/mol. The van der Waals surface area contributed by atoms with Gasteiger partial charge >= 0.3 is 0 Å². The van der Waals surface area contributed by atoms with E-state index in [4.69, 9.17) is 34.8 Å². The van der Waals surface area contributed by atoms with Crippen LogP contribution in [0.3, 0.4) is 0 Å². The van der Waals surface area contributed by atoms with Gasteiger partial charge in [0.15, 0.2) is 0 Å². The summed E-state index contributed by atoms with van der Waals surface area (Å²) in [5.74, 6) is 5.63. The summed E-state index contributed by atoms with van der Waals surface area (Å²) in [6.07, 6.45) is 0. The molecule has 1 aromatic carbocycles. The number of hydrogen-bond donors (Lipinski definition) is 1. The molecule has 1 nitrogen and oxygen atoms in total. The summed E-state index contributed by atoms with van der Waals surface area (Å²) in [5, 5.41) is 4.50. The van der Waals surface area contributed by atoms with Crippen LogP contribution in [0.5, 0.6) is 0 Å². The number of anilines is 1. The second kappa shape index (κ2) is 5.36. The highest BCUT2D eigenvalue weighted by Crippen LogP contribution is 2.31. The number of halogens is 3. The van der Waals surface area contributed by atoms with Crippen molar-refractivity contribution in [1.29, 1.82) is 0 Å². The molecule has 4 heteroatoms. The van der Waals surface area contributed by atoms with Crippen LogP contribution in [0.4, 0.5) is 5.69 Å². The van der Waals surface area contributed by atoms with E-state index >= 15 is 0 Å². The van der Waals surface area contributed by atoms with Gasteiger partial charge in [0, 0.05) is 0 Å². The largest absolute Gasteiger partial charge is 0.373 e. The van der Waals surface area contributed by atoms with Gasteiger partial charge in [-0.15, -0.1) is 5.92 Å². The van der Waals surface area contributed by atoms with Crippen molar-refractivity contribution in [2.75, 3.05) is 11.9 Å². The van der Waals surface area contributed by atoms with Gasteiger partial charge in [0.2, 0.25) is 0 Å². The lowest BCUT2D eigenvalue weighted by molar-refractivity contribution is 1.38. The van der Waals surface area contributed by atoms with Crippen LogP contribution >= 0.6 is 34.8 Å². The SMILES string of the molecule is CC#CCNc1cc(Cl)c(Cl)cc1Cl. The Morgan fingerprint density at radius 3 is 2.43 bits per heavy atom. The molecular formula is C10H8Cl3N. The van der Waals surface area contributed by atoms with Crippen LogP contribution in [0.25, 0.3) is 0 Å². The quantitative estimate of drug-likeness (QED) is 0.614. The summed E-state index contributed by atoms with van der Waals surface area (Å²) >= 11 is 17.5. The van der Waals surface area contributed by atoms with E-state index in [1.807, 2.05) is 0 Å². The molecule has 0 aliphatic carbocycles. The fraction of sp³-hybridized carbons (Fsp3) is 0.200. The molecule has 74 valence electrons. The third kappa shape index (κ3) is 2.99. The maximum atomic E-state index is 5.93. The zero-order valence-corrected chi connectivity index (χ0v) is 9.76. The van der Waals surface area contributed by atoms with Gasteiger partial charge in [-0.05, 0) is 19.1 Å². The molecule has 0 spiro atoms. The van der Waals surface area contributed by atoms with E-state index in [0.717, 1.165) is 5.69 Å². The van der Waals surface area contributed by atoms with Gasteiger partial charge in [0.25, 0.3) is 0 Å². The molecule has 0 aliphatic heterocycles. The van der Waals surface area contributed by atoms with E-state index in [1.54, 1.807) is 19.1 Å². The first kappa shape index (κ1) is 11.5.